The van der Waals surface area contributed by atoms with Gasteiger partial charge in [-0.1, -0.05) is 23.7 Å². The van der Waals surface area contributed by atoms with E-state index in [0.29, 0.717) is 29.8 Å². The van der Waals surface area contributed by atoms with E-state index in [1.807, 2.05) is 0 Å². The average molecular weight is 525 g/mol. The van der Waals surface area contributed by atoms with Crippen LogP contribution in [0.3, 0.4) is 0 Å². The first-order chi connectivity index (χ1) is 16.6. The van der Waals surface area contributed by atoms with Crippen LogP contribution in [0, 0.1) is 0 Å². The molecule has 0 amide bonds. The van der Waals surface area contributed by atoms with E-state index >= 15 is 0 Å². The van der Waals surface area contributed by atoms with Crippen molar-refractivity contribution in [3.63, 3.8) is 0 Å². The third kappa shape index (κ3) is 5.68. The topological polar surface area (TPSA) is 93.1 Å². The van der Waals surface area contributed by atoms with Crippen LogP contribution in [0.15, 0.2) is 59.9 Å². The summed E-state index contributed by atoms with van der Waals surface area (Å²) in [6.45, 7) is 0.229. The zero-order valence-corrected chi connectivity index (χ0v) is 19.8. The lowest BCUT2D eigenvalue weighted by atomic mass is 10.0. The van der Waals surface area contributed by atoms with Gasteiger partial charge in [0.15, 0.2) is 5.78 Å². The molecule has 1 saturated heterocycles. The Bertz CT molecular complexity index is 1320. The largest absolute Gasteiger partial charge is 0.416 e. The number of halogens is 4. The zero-order valence-electron chi connectivity index (χ0n) is 18.2. The van der Waals surface area contributed by atoms with Crippen molar-refractivity contribution in [3.8, 4) is 11.3 Å². The quantitative estimate of drug-likeness (QED) is 0.420. The second kappa shape index (κ2) is 10.00. The van der Waals surface area contributed by atoms with Gasteiger partial charge in [-0.2, -0.15) is 17.5 Å². The number of sulfonamides is 1. The normalized spacial score (nSPS) is 17.0. The molecule has 0 N–H and O–H groups in total. The van der Waals surface area contributed by atoms with Gasteiger partial charge < -0.3 is 0 Å². The monoisotopic (exact) mass is 524 g/mol. The summed E-state index contributed by atoms with van der Waals surface area (Å²) >= 11 is 5.75. The Labute approximate surface area is 205 Å². The molecule has 0 bridgehead atoms. The lowest BCUT2D eigenvalue weighted by molar-refractivity contribution is -0.137. The summed E-state index contributed by atoms with van der Waals surface area (Å²) in [5.41, 5.74) is 0.679. The predicted octanol–water partition coefficient (Wildman–Crippen LogP) is 4.57. The molecule has 35 heavy (non-hydrogen) atoms. The fourth-order valence-electron chi connectivity index (χ4n) is 3.94. The number of rotatable bonds is 7. The first-order valence-corrected chi connectivity index (χ1v) is 12.5. The molecule has 0 aliphatic carbocycles. The van der Waals surface area contributed by atoms with Crippen LogP contribution in [0.4, 0.5) is 13.2 Å². The molecular weight excluding hydrogens is 505 g/mol. The zero-order chi connectivity index (χ0) is 25.2. The average Bonchev–Trinajstić information content (AvgIpc) is 3.34. The molecular formula is C23H20ClF3N4O3S. The number of Topliss-reactive ketones (excluding diaryl/α,β-unsaturated/α-hetero) is 1. The van der Waals surface area contributed by atoms with Crippen LogP contribution >= 0.6 is 11.6 Å². The van der Waals surface area contributed by atoms with Crippen LogP contribution in [0.2, 0.25) is 5.15 Å². The van der Waals surface area contributed by atoms with Gasteiger partial charge in [0.2, 0.25) is 10.0 Å². The van der Waals surface area contributed by atoms with Gasteiger partial charge in [-0.15, -0.1) is 0 Å². The molecule has 7 nitrogen and oxygen atoms in total. The van der Waals surface area contributed by atoms with E-state index in [1.165, 1.54) is 41.1 Å². The number of aromatic nitrogens is 3. The van der Waals surface area contributed by atoms with Crippen molar-refractivity contribution in [2.75, 3.05) is 6.54 Å². The van der Waals surface area contributed by atoms with Crippen molar-refractivity contribution in [3.05, 3.63) is 71.4 Å². The minimum atomic E-state index is -4.43. The number of carbonyl (C=O) groups excluding carboxylic acids is 1. The number of hydrogen-bond acceptors (Lipinski definition) is 6. The lowest BCUT2D eigenvalue weighted by Gasteiger charge is -2.23. The summed E-state index contributed by atoms with van der Waals surface area (Å²) in [5.74, 6) is -0.234. The summed E-state index contributed by atoms with van der Waals surface area (Å²) in [5, 5.41) is 0.165. The molecule has 1 aliphatic heterocycles. The first-order valence-electron chi connectivity index (χ1n) is 10.7. The number of benzene rings is 1. The standard InChI is InChI=1S/C23H20ClF3N4O3S/c24-22-10-8-18(13-28-22)35(33,34)31-11-1-2-20(31)21(32)9-7-17-12-19(30-14-29-17)15-3-5-16(6-4-15)23(25,26)27/h3-6,8,10,12-14,20H,1-2,7,9,11H2/t20-/m0/s1. The third-order valence-corrected chi connectivity index (χ3v) is 7.86. The van der Waals surface area contributed by atoms with Crippen molar-refractivity contribution in [2.24, 2.45) is 0 Å². The maximum Gasteiger partial charge on any atom is 0.416 e. The number of ketones is 1. The number of pyridine rings is 1. The smallest absolute Gasteiger partial charge is 0.298 e. The SMILES string of the molecule is O=C(CCc1cc(-c2ccc(C(F)(F)F)cc2)ncn1)[C@@H]1CCCN1S(=O)(=O)c1ccc(Cl)nc1. The number of carbonyl (C=O) groups is 1. The molecule has 0 saturated carbocycles. The predicted molar refractivity (Wildman–Crippen MR) is 122 cm³/mol. The Balaban J connectivity index is 1.44. The second-order valence-corrected chi connectivity index (χ2v) is 10.3. The molecule has 0 radical (unpaired) electrons. The van der Waals surface area contributed by atoms with E-state index in [-0.39, 0.29) is 35.2 Å². The highest BCUT2D eigenvalue weighted by Gasteiger charge is 2.39. The van der Waals surface area contributed by atoms with Gasteiger partial charge in [0.05, 0.1) is 17.3 Å². The molecule has 0 unspecified atom stereocenters. The Kier molecular flexibility index (Phi) is 7.20. The van der Waals surface area contributed by atoms with E-state index in [0.717, 1.165) is 12.1 Å². The van der Waals surface area contributed by atoms with Crippen LogP contribution in [-0.2, 0) is 27.4 Å². The molecule has 0 spiro atoms. The second-order valence-electron chi connectivity index (χ2n) is 8.03. The van der Waals surface area contributed by atoms with E-state index in [4.69, 9.17) is 11.6 Å². The Morgan fingerprint density at radius 2 is 1.83 bits per heavy atom. The highest BCUT2D eigenvalue weighted by Crippen LogP contribution is 2.31. The van der Waals surface area contributed by atoms with Crippen molar-refractivity contribution in [2.45, 2.75) is 42.8 Å². The van der Waals surface area contributed by atoms with Gasteiger partial charge in [-0.3, -0.25) is 4.79 Å². The highest BCUT2D eigenvalue weighted by molar-refractivity contribution is 7.89. The molecule has 3 heterocycles. The van der Waals surface area contributed by atoms with E-state index in [2.05, 4.69) is 15.0 Å². The van der Waals surface area contributed by atoms with Crippen molar-refractivity contribution >= 4 is 27.4 Å². The lowest BCUT2D eigenvalue weighted by Crippen LogP contribution is -2.40. The molecule has 184 valence electrons. The summed E-state index contributed by atoms with van der Waals surface area (Å²) < 4.78 is 65.6. The van der Waals surface area contributed by atoms with Crippen LogP contribution in [-0.4, -0.2) is 46.0 Å². The van der Waals surface area contributed by atoms with Gasteiger partial charge in [0.25, 0.3) is 0 Å². The van der Waals surface area contributed by atoms with Gasteiger partial charge >= 0.3 is 6.18 Å². The minimum absolute atomic E-state index is 0.0291. The number of hydrogen-bond donors (Lipinski definition) is 0. The maximum absolute atomic E-state index is 13.0. The first kappa shape index (κ1) is 25.2. The molecule has 12 heteroatoms. The molecule has 1 fully saturated rings. The fourth-order valence-corrected chi connectivity index (χ4v) is 5.68. The number of nitrogens with zero attached hydrogens (tertiary/aromatic N) is 4. The number of alkyl halides is 3. The third-order valence-electron chi connectivity index (χ3n) is 5.74. The molecule has 2 aromatic heterocycles. The van der Waals surface area contributed by atoms with Crippen molar-refractivity contribution < 1.29 is 26.4 Å². The number of aryl methyl sites for hydroxylation is 1. The van der Waals surface area contributed by atoms with Gasteiger partial charge in [-0.25, -0.2) is 23.4 Å². The summed E-state index contributed by atoms with van der Waals surface area (Å²) in [6.07, 6.45) is -0.710. The molecule has 3 aromatic rings. The van der Waals surface area contributed by atoms with Crippen LogP contribution in [0.25, 0.3) is 11.3 Å². The Hall–Kier alpha value is -2.89. The van der Waals surface area contributed by atoms with Crippen LogP contribution in [0.5, 0.6) is 0 Å². The van der Waals surface area contributed by atoms with Crippen molar-refractivity contribution in [1.82, 2.24) is 19.3 Å². The van der Waals surface area contributed by atoms with E-state index in [9.17, 15) is 26.4 Å². The summed E-state index contributed by atoms with van der Waals surface area (Å²) in [7, 11) is -3.90. The minimum Gasteiger partial charge on any atom is -0.298 e. The van der Waals surface area contributed by atoms with Gasteiger partial charge in [0, 0.05) is 30.4 Å². The van der Waals surface area contributed by atoms with Gasteiger partial charge in [0.1, 0.15) is 16.4 Å². The van der Waals surface area contributed by atoms with E-state index < -0.39 is 27.8 Å². The summed E-state index contributed by atoms with van der Waals surface area (Å²) in [6, 6.07) is 8.17. The molecule has 4 rings (SSSR count). The van der Waals surface area contributed by atoms with Gasteiger partial charge in [-0.05, 0) is 49.6 Å². The summed E-state index contributed by atoms with van der Waals surface area (Å²) in [4.78, 5) is 25.0. The molecule has 1 aromatic carbocycles. The van der Waals surface area contributed by atoms with Crippen LogP contribution in [0.1, 0.15) is 30.5 Å². The Morgan fingerprint density at radius 3 is 2.49 bits per heavy atom. The van der Waals surface area contributed by atoms with Crippen LogP contribution < -0.4 is 0 Å². The maximum atomic E-state index is 13.0. The fraction of sp³-hybridized carbons (Fsp3) is 0.304. The Morgan fingerprint density at radius 1 is 1.09 bits per heavy atom. The molecule has 1 aliphatic rings. The molecule has 1 atom stereocenters. The van der Waals surface area contributed by atoms with Crippen molar-refractivity contribution in [1.29, 1.82) is 0 Å². The highest BCUT2D eigenvalue weighted by atomic mass is 35.5. The van der Waals surface area contributed by atoms with E-state index in [1.54, 1.807) is 6.07 Å².